The molecule has 0 saturated heterocycles. The predicted molar refractivity (Wildman–Crippen MR) is 89.8 cm³/mol. The Morgan fingerprint density at radius 1 is 1.43 bits per heavy atom. The lowest BCUT2D eigenvalue weighted by Crippen LogP contribution is -2.47. The zero-order valence-electron chi connectivity index (χ0n) is 13.0. The Bertz CT molecular complexity index is 538. The van der Waals surface area contributed by atoms with Crippen molar-refractivity contribution in [2.45, 2.75) is 49.6 Å². The van der Waals surface area contributed by atoms with Crippen LogP contribution in [0.15, 0.2) is 29.4 Å². The van der Waals surface area contributed by atoms with E-state index < -0.39 is 0 Å². The molecule has 1 aromatic heterocycles. The van der Waals surface area contributed by atoms with Crippen molar-refractivity contribution in [3.8, 4) is 0 Å². The normalized spacial score (nSPS) is 16.0. The highest BCUT2D eigenvalue weighted by Crippen LogP contribution is 2.28. The third kappa shape index (κ3) is 4.46. The molecule has 1 heterocycles. The van der Waals surface area contributed by atoms with Gasteiger partial charge in [-0.05, 0) is 38.4 Å². The van der Waals surface area contributed by atoms with Crippen LogP contribution in [0.1, 0.15) is 33.6 Å². The van der Waals surface area contributed by atoms with Crippen LogP contribution < -0.4 is 5.32 Å². The summed E-state index contributed by atoms with van der Waals surface area (Å²) in [5.41, 5.74) is 1.84. The Morgan fingerprint density at radius 2 is 2.19 bits per heavy atom. The molecule has 0 fully saturated rings. The number of H-pyrrole nitrogens is 1. The molecule has 0 aliphatic carbocycles. The number of benzene rings is 1. The summed E-state index contributed by atoms with van der Waals surface area (Å²) in [7, 11) is 0. The minimum Gasteiger partial charge on any atom is -0.394 e. The van der Waals surface area contributed by atoms with Gasteiger partial charge in [-0.25, -0.2) is 4.98 Å². The van der Waals surface area contributed by atoms with Crippen LogP contribution in [0.3, 0.4) is 0 Å². The molecule has 0 radical (unpaired) electrons. The maximum atomic E-state index is 9.65. The SMILES string of the molecule is CCCNC(C)(CO)CC(C)Sc1nc2ccccc2[nH]1. The maximum Gasteiger partial charge on any atom is 0.166 e. The van der Waals surface area contributed by atoms with Crippen LogP contribution in [0, 0.1) is 0 Å². The quantitative estimate of drug-likeness (QED) is 0.656. The van der Waals surface area contributed by atoms with E-state index in [0.29, 0.717) is 5.25 Å². The second kappa shape index (κ2) is 7.29. The summed E-state index contributed by atoms with van der Waals surface area (Å²) in [6.07, 6.45) is 1.96. The van der Waals surface area contributed by atoms with Gasteiger partial charge in [-0.3, -0.25) is 0 Å². The first-order chi connectivity index (χ1) is 10.1. The number of nitrogens with zero attached hydrogens (tertiary/aromatic N) is 1. The minimum atomic E-state index is -0.228. The molecule has 1 aromatic carbocycles. The van der Waals surface area contributed by atoms with Crippen molar-refractivity contribution in [1.29, 1.82) is 0 Å². The van der Waals surface area contributed by atoms with Crippen LogP contribution in [0.5, 0.6) is 0 Å². The third-order valence-electron chi connectivity index (χ3n) is 3.57. The summed E-state index contributed by atoms with van der Waals surface area (Å²) >= 11 is 1.73. The minimum absolute atomic E-state index is 0.151. The van der Waals surface area contributed by atoms with Crippen LogP contribution in [-0.4, -0.2) is 39.0 Å². The lowest BCUT2D eigenvalue weighted by atomic mass is 9.97. The first-order valence-electron chi connectivity index (χ1n) is 7.53. The van der Waals surface area contributed by atoms with Gasteiger partial charge in [0.1, 0.15) is 0 Å². The molecule has 3 N–H and O–H groups in total. The van der Waals surface area contributed by atoms with Gasteiger partial charge in [0, 0.05) is 10.8 Å². The van der Waals surface area contributed by atoms with Gasteiger partial charge in [0.05, 0.1) is 17.6 Å². The molecule has 0 saturated carbocycles. The summed E-state index contributed by atoms with van der Waals surface area (Å²) in [6.45, 7) is 7.48. The highest BCUT2D eigenvalue weighted by molar-refractivity contribution is 7.99. The van der Waals surface area contributed by atoms with E-state index in [1.165, 1.54) is 0 Å². The smallest absolute Gasteiger partial charge is 0.166 e. The number of aliphatic hydroxyl groups excluding tert-OH is 1. The molecule has 2 aromatic rings. The summed E-state index contributed by atoms with van der Waals surface area (Å²) in [4.78, 5) is 7.94. The number of aromatic nitrogens is 2. The molecule has 0 bridgehead atoms. The average Bonchev–Trinajstić information content (AvgIpc) is 2.87. The van der Waals surface area contributed by atoms with Crippen molar-refractivity contribution in [2.75, 3.05) is 13.2 Å². The van der Waals surface area contributed by atoms with E-state index in [1.54, 1.807) is 11.8 Å². The second-order valence-electron chi connectivity index (χ2n) is 5.84. The predicted octanol–water partition coefficient (Wildman–Crippen LogP) is 3.18. The number of thioether (sulfide) groups is 1. The number of imidazole rings is 1. The standard InChI is InChI=1S/C16H25N3OS/c1-4-9-17-16(3,11-20)10-12(2)21-15-18-13-7-5-6-8-14(13)19-15/h5-8,12,17,20H,4,9-11H2,1-3H3,(H,18,19). The van der Waals surface area contributed by atoms with Crippen molar-refractivity contribution in [3.05, 3.63) is 24.3 Å². The lowest BCUT2D eigenvalue weighted by Gasteiger charge is -2.31. The molecule has 2 rings (SSSR count). The van der Waals surface area contributed by atoms with Crippen LogP contribution in [0.25, 0.3) is 11.0 Å². The second-order valence-corrected chi connectivity index (χ2v) is 7.26. The summed E-state index contributed by atoms with van der Waals surface area (Å²) in [5, 5.41) is 14.4. The van der Waals surface area contributed by atoms with E-state index >= 15 is 0 Å². The highest BCUT2D eigenvalue weighted by atomic mass is 32.2. The fraction of sp³-hybridized carbons (Fsp3) is 0.562. The van der Waals surface area contributed by atoms with Gasteiger partial charge >= 0.3 is 0 Å². The Morgan fingerprint density at radius 3 is 2.86 bits per heavy atom. The summed E-state index contributed by atoms with van der Waals surface area (Å²) in [5.74, 6) is 0. The average molecular weight is 307 g/mol. The largest absolute Gasteiger partial charge is 0.394 e. The van der Waals surface area contributed by atoms with Gasteiger partial charge in [0.15, 0.2) is 5.16 Å². The number of hydrogen-bond acceptors (Lipinski definition) is 4. The Balaban J connectivity index is 1.98. The number of fused-ring (bicyclic) bond motifs is 1. The molecule has 0 aliphatic rings. The number of hydrogen-bond donors (Lipinski definition) is 3. The third-order valence-corrected chi connectivity index (χ3v) is 4.55. The fourth-order valence-electron chi connectivity index (χ4n) is 2.47. The molecule has 0 spiro atoms. The Kier molecular flexibility index (Phi) is 5.67. The van der Waals surface area contributed by atoms with Gasteiger partial charge in [-0.15, -0.1) is 0 Å². The highest BCUT2D eigenvalue weighted by Gasteiger charge is 2.25. The van der Waals surface area contributed by atoms with Crippen LogP contribution in [0.2, 0.25) is 0 Å². The fourth-order valence-corrected chi connectivity index (χ4v) is 3.62. The lowest BCUT2D eigenvalue weighted by molar-refractivity contribution is 0.166. The van der Waals surface area contributed by atoms with Crippen molar-refractivity contribution in [2.24, 2.45) is 0 Å². The van der Waals surface area contributed by atoms with Gasteiger partial charge in [-0.2, -0.15) is 0 Å². The Hall–Kier alpha value is -1.04. The summed E-state index contributed by atoms with van der Waals surface area (Å²) < 4.78 is 0. The zero-order chi connectivity index (χ0) is 15.3. The van der Waals surface area contributed by atoms with Gasteiger partial charge in [0.2, 0.25) is 0 Å². The molecule has 2 atom stereocenters. The van der Waals surface area contributed by atoms with E-state index in [9.17, 15) is 5.11 Å². The van der Waals surface area contributed by atoms with Gasteiger partial charge in [0.25, 0.3) is 0 Å². The molecule has 0 aliphatic heterocycles. The summed E-state index contributed by atoms with van der Waals surface area (Å²) in [6, 6.07) is 8.06. The van der Waals surface area contributed by atoms with E-state index in [2.05, 4.69) is 36.1 Å². The monoisotopic (exact) mass is 307 g/mol. The van der Waals surface area contributed by atoms with Gasteiger partial charge in [-0.1, -0.05) is 37.7 Å². The van der Waals surface area contributed by atoms with Crippen molar-refractivity contribution >= 4 is 22.8 Å². The van der Waals surface area contributed by atoms with E-state index in [-0.39, 0.29) is 12.1 Å². The number of aromatic amines is 1. The molecular formula is C16H25N3OS. The molecule has 4 nitrogen and oxygen atoms in total. The zero-order valence-corrected chi connectivity index (χ0v) is 13.8. The number of para-hydroxylation sites is 2. The van der Waals surface area contributed by atoms with E-state index in [0.717, 1.165) is 35.6 Å². The van der Waals surface area contributed by atoms with E-state index in [4.69, 9.17) is 0 Å². The molecular weight excluding hydrogens is 282 g/mol. The number of aliphatic hydroxyl groups is 1. The number of nitrogens with one attached hydrogen (secondary N) is 2. The van der Waals surface area contributed by atoms with Crippen LogP contribution in [-0.2, 0) is 0 Å². The number of rotatable bonds is 8. The molecule has 2 unspecified atom stereocenters. The first-order valence-corrected chi connectivity index (χ1v) is 8.41. The molecule has 5 heteroatoms. The molecule has 116 valence electrons. The Labute approximate surface area is 130 Å². The van der Waals surface area contributed by atoms with Gasteiger partial charge < -0.3 is 15.4 Å². The molecule has 0 amide bonds. The maximum absolute atomic E-state index is 9.65. The van der Waals surface area contributed by atoms with Crippen molar-refractivity contribution in [3.63, 3.8) is 0 Å². The molecule has 21 heavy (non-hydrogen) atoms. The van der Waals surface area contributed by atoms with Crippen molar-refractivity contribution < 1.29 is 5.11 Å². The van der Waals surface area contributed by atoms with Crippen LogP contribution in [0.4, 0.5) is 0 Å². The van der Waals surface area contributed by atoms with Crippen LogP contribution >= 0.6 is 11.8 Å². The van der Waals surface area contributed by atoms with Crippen molar-refractivity contribution in [1.82, 2.24) is 15.3 Å². The van der Waals surface area contributed by atoms with E-state index in [1.807, 2.05) is 24.3 Å². The first kappa shape index (κ1) is 16.3. The topological polar surface area (TPSA) is 60.9 Å².